The van der Waals surface area contributed by atoms with Crippen molar-refractivity contribution in [2.24, 2.45) is 5.92 Å². The summed E-state index contributed by atoms with van der Waals surface area (Å²) in [6.45, 7) is 8.04. The van der Waals surface area contributed by atoms with Gasteiger partial charge < -0.3 is 29.5 Å². The molecule has 0 aliphatic carbocycles. The molecule has 0 unspecified atom stereocenters. The summed E-state index contributed by atoms with van der Waals surface area (Å²) in [4.78, 5) is 36.3. The van der Waals surface area contributed by atoms with Crippen molar-refractivity contribution in [1.82, 2.24) is 19.7 Å². The molecule has 2 amide bonds. The number of aromatic nitrogens is 1. The fraction of sp³-hybridized carbons (Fsp3) is 0.750. The Bertz CT molecular complexity index is 827. The number of carbonyl (C=O) groups excluding carboxylic acids is 2. The number of carbonyl (C=O) groups is 2. The Kier molecular flexibility index (Phi) is 14.2. The molecule has 216 valence electrons. The standard InChI is InChI=1S/C28H48N4O6/c1-21(2)16-24-17-31(22(3)33)18-26(37-5)28(36)25(34)20-38-15-9-8-13-32(24)27(35)19-30(4)14-11-23-10-6-7-12-29-23/h6-7,10,12,21,24-26,28,34,36H,8-9,11,13-20H2,1-5H3/t24-,25-,26-,28-/m1/s1. The van der Waals surface area contributed by atoms with Crippen LogP contribution in [0.3, 0.4) is 0 Å². The van der Waals surface area contributed by atoms with E-state index in [-0.39, 0.29) is 37.6 Å². The highest BCUT2D eigenvalue weighted by Crippen LogP contribution is 2.18. The summed E-state index contributed by atoms with van der Waals surface area (Å²) < 4.78 is 11.1. The zero-order chi connectivity index (χ0) is 28.1. The number of amides is 2. The Morgan fingerprint density at radius 1 is 1.24 bits per heavy atom. The van der Waals surface area contributed by atoms with Crippen LogP contribution in [0.25, 0.3) is 0 Å². The molecule has 4 atom stereocenters. The molecule has 1 saturated heterocycles. The van der Waals surface area contributed by atoms with Gasteiger partial charge in [-0.1, -0.05) is 19.9 Å². The maximum Gasteiger partial charge on any atom is 0.237 e. The molecule has 1 aliphatic rings. The minimum atomic E-state index is -1.21. The lowest BCUT2D eigenvalue weighted by atomic mass is 10.00. The van der Waals surface area contributed by atoms with Gasteiger partial charge >= 0.3 is 0 Å². The van der Waals surface area contributed by atoms with E-state index in [4.69, 9.17) is 9.47 Å². The first kappa shape index (κ1) is 32.1. The predicted octanol–water partition coefficient (Wildman–Crippen LogP) is 1.19. The van der Waals surface area contributed by atoms with Gasteiger partial charge in [0.25, 0.3) is 0 Å². The van der Waals surface area contributed by atoms with Crippen LogP contribution in [-0.2, 0) is 25.5 Å². The van der Waals surface area contributed by atoms with Crippen LogP contribution in [0.2, 0.25) is 0 Å². The van der Waals surface area contributed by atoms with Gasteiger partial charge in [-0.2, -0.15) is 0 Å². The summed E-state index contributed by atoms with van der Waals surface area (Å²) in [5.41, 5.74) is 0.986. The number of rotatable bonds is 8. The van der Waals surface area contributed by atoms with Crippen molar-refractivity contribution in [3.05, 3.63) is 30.1 Å². The molecule has 0 radical (unpaired) electrons. The van der Waals surface area contributed by atoms with Crippen LogP contribution >= 0.6 is 0 Å². The van der Waals surface area contributed by atoms with Crippen molar-refractivity contribution < 1.29 is 29.3 Å². The summed E-state index contributed by atoms with van der Waals surface area (Å²) in [5.74, 6) is 0.152. The molecule has 1 aliphatic heterocycles. The summed E-state index contributed by atoms with van der Waals surface area (Å²) in [6, 6.07) is 5.64. The number of aliphatic hydroxyl groups is 2. The molecule has 38 heavy (non-hydrogen) atoms. The molecular weight excluding hydrogens is 488 g/mol. The fourth-order valence-corrected chi connectivity index (χ4v) is 4.77. The Labute approximate surface area is 227 Å². The number of nitrogens with zero attached hydrogens (tertiary/aromatic N) is 4. The fourth-order valence-electron chi connectivity index (χ4n) is 4.77. The lowest BCUT2D eigenvalue weighted by Gasteiger charge is -2.39. The highest BCUT2D eigenvalue weighted by atomic mass is 16.5. The maximum atomic E-state index is 13.7. The first-order valence-corrected chi connectivity index (χ1v) is 13.7. The van der Waals surface area contributed by atoms with Gasteiger partial charge in [-0.15, -0.1) is 0 Å². The van der Waals surface area contributed by atoms with Gasteiger partial charge in [-0.05, 0) is 44.4 Å². The SMILES string of the molecule is CO[C@@H]1CN(C(C)=O)C[C@@H](CC(C)C)N(C(=O)CN(C)CCc2ccccn2)CCCCOC[C@@H](O)[C@H]1O. The molecule has 2 N–H and O–H groups in total. The number of hydrogen-bond acceptors (Lipinski definition) is 8. The molecule has 2 rings (SSSR count). The molecule has 10 heteroatoms. The second-order valence-electron chi connectivity index (χ2n) is 10.7. The van der Waals surface area contributed by atoms with Gasteiger partial charge in [0.2, 0.25) is 11.8 Å². The van der Waals surface area contributed by atoms with Crippen molar-refractivity contribution in [3.63, 3.8) is 0 Å². The average Bonchev–Trinajstić information content (AvgIpc) is 2.88. The third-order valence-electron chi connectivity index (χ3n) is 6.97. The van der Waals surface area contributed by atoms with Gasteiger partial charge in [0.15, 0.2) is 0 Å². The molecular formula is C28H48N4O6. The highest BCUT2D eigenvalue weighted by Gasteiger charge is 2.33. The smallest absolute Gasteiger partial charge is 0.237 e. The Morgan fingerprint density at radius 3 is 2.63 bits per heavy atom. The summed E-state index contributed by atoms with van der Waals surface area (Å²) in [5, 5.41) is 21.0. The van der Waals surface area contributed by atoms with Gasteiger partial charge in [0.1, 0.15) is 18.3 Å². The Hall–Kier alpha value is -2.11. The number of hydrogen-bond donors (Lipinski definition) is 2. The van der Waals surface area contributed by atoms with Gasteiger partial charge in [-0.3, -0.25) is 19.5 Å². The lowest BCUT2D eigenvalue weighted by Crippen LogP contribution is -2.54. The van der Waals surface area contributed by atoms with E-state index < -0.39 is 18.3 Å². The topological polar surface area (TPSA) is 116 Å². The summed E-state index contributed by atoms with van der Waals surface area (Å²) in [7, 11) is 3.39. The van der Waals surface area contributed by atoms with Gasteiger partial charge in [-0.25, -0.2) is 0 Å². The van der Waals surface area contributed by atoms with E-state index in [0.717, 1.165) is 25.0 Å². The third kappa shape index (κ3) is 10.9. The van der Waals surface area contributed by atoms with E-state index in [2.05, 4.69) is 18.8 Å². The van der Waals surface area contributed by atoms with Crippen LogP contribution in [0.4, 0.5) is 0 Å². The normalized spacial score (nSPS) is 24.4. The Morgan fingerprint density at radius 2 is 2.00 bits per heavy atom. The molecule has 10 nitrogen and oxygen atoms in total. The van der Waals surface area contributed by atoms with Crippen molar-refractivity contribution in [2.45, 2.75) is 70.8 Å². The molecule has 2 heterocycles. The zero-order valence-corrected chi connectivity index (χ0v) is 23.8. The zero-order valence-electron chi connectivity index (χ0n) is 23.8. The van der Waals surface area contributed by atoms with E-state index in [1.165, 1.54) is 14.0 Å². The van der Waals surface area contributed by atoms with Crippen molar-refractivity contribution in [2.75, 3.05) is 60.1 Å². The van der Waals surface area contributed by atoms with E-state index in [0.29, 0.717) is 38.6 Å². The number of aliphatic hydroxyl groups excluding tert-OH is 2. The van der Waals surface area contributed by atoms with Crippen LogP contribution in [0.5, 0.6) is 0 Å². The lowest BCUT2D eigenvalue weighted by molar-refractivity contribution is -0.142. The van der Waals surface area contributed by atoms with Gasteiger partial charge in [0.05, 0.1) is 13.2 Å². The van der Waals surface area contributed by atoms with Crippen LogP contribution in [-0.4, -0.2) is 126 Å². The van der Waals surface area contributed by atoms with Crippen molar-refractivity contribution >= 4 is 11.8 Å². The van der Waals surface area contributed by atoms with E-state index in [1.54, 1.807) is 11.1 Å². The molecule has 0 bridgehead atoms. The summed E-state index contributed by atoms with van der Waals surface area (Å²) in [6.07, 6.45) is 1.58. The summed E-state index contributed by atoms with van der Waals surface area (Å²) >= 11 is 0. The first-order chi connectivity index (χ1) is 18.1. The second-order valence-corrected chi connectivity index (χ2v) is 10.7. The molecule has 0 saturated carbocycles. The predicted molar refractivity (Wildman–Crippen MR) is 146 cm³/mol. The minimum absolute atomic E-state index is 0.0226. The maximum absolute atomic E-state index is 13.7. The van der Waals surface area contributed by atoms with Crippen LogP contribution in [0.1, 0.15) is 45.7 Å². The molecule has 1 aromatic rings. The monoisotopic (exact) mass is 536 g/mol. The van der Waals surface area contributed by atoms with Gasteiger partial charge in [0, 0.05) is 71.2 Å². The third-order valence-corrected chi connectivity index (χ3v) is 6.97. The largest absolute Gasteiger partial charge is 0.388 e. The molecule has 0 aromatic carbocycles. The second kappa shape index (κ2) is 16.8. The van der Waals surface area contributed by atoms with Crippen LogP contribution in [0.15, 0.2) is 24.4 Å². The number of ether oxygens (including phenoxy) is 2. The van der Waals surface area contributed by atoms with Crippen molar-refractivity contribution in [3.8, 4) is 0 Å². The van der Waals surface area contributed by atoms with E-state index >= 15 is 0 Å². The highest BCUT2D eigenvalue weighted by molar-refractivity contribution is 5.79. The van der Waals surface area contributed by atoms with Crippen LogP contribution < -0.4 is 0 Å². The number of methoxy groups -OCH3 is 1. The van der Waals surface area contributed by atoms with Crippen LogP contribution in [0, 0.1) is 5.92 Å². The quantitative estimate of drug-likeness (QED) is 0.509. The number of pyridine rings is 1. The van der Waals surface area contributed by atoms with Crippen molar-refractivity contribution in [1.29, 1.82) is 0 Å². The van der Waals surface area contributed by atoms with E-state index in [1.807, 2.05) is 35.0 Å². The molecule has 1 aromatic heterocycles. The average molecular weight is 537 g/mol. The number of likely N-dealkylation sites (N-methyl/N-ethyl adjacent to an activating group) is 1. The first-order valence-electron chi connectivity index (χ1n) is 13.7. The molecule has 1 fully saturated rings. The Balaban J connectivity index is 2.23. The molecule has 0 spiro atoms. The van der Waals surface area contributed by atoms with E-state index in [9.17, 15) is 19.8 Å². The minimum Gasteiger partial charge on any atom is -0.388 e.